The second-order valence-electron chi connectivity index (χ2n) is 14.0. The van der Waals surface area contributed by atoms with Crippen LogP contribution in [0.5, 0.6) is 0 Å². The Hall–Kier alpha value is -7.43. The van der Waals surface area contributed by atoms with Gasteiger partial charge in [0.15, 0.2) is 17.5 Å². The van der Waals surface area contributed by atoms with Crippen LogP contribution in [0.1, 0.15) is 0 Å². The second kappa shape index (κ2) is 12.6. The Morgan fingerprint density at radius 1 is 0.327 bits per heavy atom. The van der Waals surface area contributed by atoms with E-state index in [0.29, 0.717) is 17.5 Å². The fourth-order valence-corrected chi connectivity index (χ4v) is 8.23. The maximum absolute atomic E-state index is 5.31. The molecule has 0 spiro atoms. The number of para-hydroxylation sites is 2. The zero-order chi connectivity index (χ0) is 36.3. The summed E-state index contributed by atoms with van der Waals surface area (Å²) in [5.41, 5.74) is 10.8. The number of hydrogen-bond acceptors (Lipinski definition) is 4. The van der Waals surface area contributed by atoms with Crippen molar-refractivity contribution in [1.29, 1.82) is 0 Å². The standard InChI is InChI=1S/C51H32N4/c1-3-15-35(16-4-1)41-29-30-46-47-42(41)21-11-22-43(47)44-23-12-24-45(48(44)55(46)40-19-5-2-6-20-40)51-53-49(38-27-25-33-13-7-9-17-36(33)31-38)52-50(54-51)39-28-26-34-14-8-10-18-37(34)32-39/h1-32H. The van der Waals surface area contributed by atoms with E-state index >= 15 is 0 Å². The van der Waals surface area contributed by atoms with Crippen molar-refractivity contribution in [1.82, 2.24) is 15.0 Å². The van der Waals surface area contributed by atoms with Crippen LogP contribution in [0, 0.1) is 0 Å². The lowest BCUT2D eigenvalue weighted by Gasteiger charge is -2.35. The first-order valence-electron chi connectivity index (χ1n) is 18.6. The molecule has 1 aromatic heterocycles. The molecular weight excluding hydrogens is 669 g/mol. The summed E-state index contributed by atoms with van der Waals surface area (Å²) < 4.78 is 0. The van der Waals surface area contributed by atoms with E-state index < -0.39 is 0 Å². The Morgan fingerprint density at radius 3 is 1.55 bits per heavy atom. The van der Waals surface area contributed by atoms with Gasteiger partial charge in [-0.25, -0.2) is 15.0 Å². The molecule has 1 aliphatic rings. The molecule has 0 atom stereocenters. The predicted octanol–water partition coefficient (Wildman–Crippen LogP) is 13.4. The molecule has 0 N–H and O–H groups in total. The van der Waals surface area contributed by atoms with Crippen LogP contribution in [-0.2, 0) is 0 Å². The molecule has 1 aliphatic heterocycles. The molecule has 9 aromatic carbocycles. The fourth-order valence-electron chi connectivity index (χ4n) is 8.23. The monoisotopic (exact) mass is 700 g/mol. The first-order valence-corrected chi connectivity index (χ1v) is 18.6. The highest BCUT2D eigenvalue weighted by Crippen LogP contribution is 2.55. The third-order valence-corrected chi connectivity index (χ3v) is 10.8. The van der Waals surface area contributed by atoms with Crippen molar-refractivity contribution in [3.8, 4) is 56.4 Å². The van der Waals surface area contributed by atoms with Gasteiger partial charge in [-0.05, 0) is 80.0 Å². The average molecular weight is 701 g/mol. The molecule has 10 aromatic rings. The number of hydrogen-bond donors (Lipinski definition) is 0. The van der Waals surface area contributed by atoms with E-state index in [4.69, 9.17) is 15.0 Å². The summed E-state index contributed by atoms with van der Waals surface area (Å²) in [5, 5.41) is 7.07. The second-order valence-corrected chi connectivity index (χ2v) is 14.0. The number of benzene rings is 9. The molecule has 4 nitrogen and oxygen atoms in total. The molecule has 0 bridgehead atoms. The SMILES string of the molecule is c1ccc(-c2ccc3c4c(cccc24)-c2cccc(-c4nc(-c5ccc6ccccc6c5)nc(-c5ccc6ccccc6c5)n4)c2N3c2ccccc2)cc1. The van der Waals surface area contributed by atoms with Crippen molar-refractivity contribution in [2.45, 2.75) is 0 Å². The molecular formula is C51H32N4. The van der Waals surface area contributed by atoms with Crippen LogP contribution in [0.15, 0.2) is 194 Å². The van der Waals surface area contributed by atoms with E-state index in [1.165, 1.54) is 38.2 Å². The summed E-state index contributed by atoms with van der Waals surface area (Å²) in [6.45, 7) is 0. The van der Waals surface area contributed by atoms with Gasteiger partial charge in [0.05, 0.1) is 11.4 Å². The highest BCUT2D eigenvalue weighted by molar-refractivity contribution is 6.19. The lowest BCUT2D eigenvalue weighted by molar-refractivity contribution is 1.07. The minimum Gasteiger partial charge on any atom is -0.308 e. The van der Waals surface area contributed by atoms with E-state index in [0.717, 1.165) is 50.1 Å². The third-order valence-electron chi connectivity index (χ3n) is 10.8. The highest BCUT2D eigenvalue weighted by atomic mass is 15.2. The van der Waals surface area contributed by atoms with E-state index in [1.54, 1.807) is 0 Å². The quantitative estimate of drug-likeness (QED) is 0.179. The fraction of sp³-hybridized carbons (Fsp3) is 0. The number of nitrogens with zero attached hydrogens (tertiary/aromatic N) is 4. The van der Waals surface area contributed by atoms with Crippen molar-refractivity contribution < 1.29 is 0 Å². The summed E-state index contributed by atoms with van der Waals surface area (Å²) in [7, 11) is 0. The van der Waals surface area contributed by atoms with Crippen LogP contribution in [0.3, 0.4) is 0 Å². The van der Waals surface area contributed by atoms with Gasteiger partial charge in [-0.15, -0.1) is 0 Å². The maximum atomic E-state index is 5.31. The molecule has 4 heteroatoms. The van der Waals surface area contributed by atoms with Crippen molar-refractivity contribution in [3.63, 3.8) is 0 Å². The molecule has 55 heavy (non-hydrogen) atoms. The van der Waals surface area contributed by atoms with Crippen molar-refractivity contribution in [2.75, 3.05) is 4.90 Å². The Morgan fingerprint density at radius 2 is 0.873 bits per heavy atom. The molecule has 0 unspecified atom stereocenters. The molecule has 0 saturated carbocycles. The van der Waals surface area contributed by atoms with E-state index in [9.17, 15) is 0 Å². The van der Waals surface area contributed by atoms with Gasteiger partial charge in [-0.1, -0.05) is 158 Å². The highest BCUT2D eigenvalue weighted by Gasteiger charge is 2.30. The van der Waals surface area contributed by atoms with Gasteiger partial charge < -0.3 is 4.90 Å². The van der Waals surface area contributed by atoms with Crippen LogP contribution >= 0.6 is 0 Å². The summed E-state index contributed by atoms with van der Waals surface area (Å²) in [6.07, 6.45) is 0. The van der Waals surface area contributed by atoms with Gasteiger partial charge in [0.1, 0.15) is 0 Å². The molecule has 0 saturated heterocycles. The molecule has 0 aliphatic carbocycles. The Labute approximate surface area is 318 Å². The summed E-state index contributed by atoms with van der Waals surface area (Å²) in [5.74, 6) is 1.89. The van der Waals surface area contributed by atoms with Crippen molar-refractivity contribution in [2.24, 2.45) is 0 Å². The Bertz CT molecular complexity index is 3000. The van der Waals surface area contributed by atoms with E-state index in [1.807, 2.05) is 0 Å². The van der Waals surface area contributed by atoms with Gasteiger partial charge in [0, 0.05) is 33.3 Å². The molecule has 0 amide bonds. The van der Waals surface area contributed by atoms with Crippen LogP contribution < -0.4 is 4.90 Å². The van der Waals surface area contributed by atoms with Crippen LogP contribution in [0.4, 0.5) is 17.1 Å². The molecule has 0 radical (unpaired) electrons. The first kappa shape index (κ1) is 31.1. The molecule has 11 rings (SSSR count). The topological polar surface area (TPSA) is 41.9 Å². The van der Waals surface area contributed by atoms with Gasteiger partial charge in [0.25, 0.3) is 0 Å². The van der Waals surface area contributed by atoms with Gasteiger partial charge >= 0.3 is 0 Å². The van der Waals surface area contributed by atoms with E-state index in [-0.39, 0.29) is 0 Å². The van der Waals surface area contributed by atoms with Crippen LogP contribution in [0.2, 0.25) is 0 Å². The minimum absolute atomic E-state index is 0.621. The van der Waals surface area contributed by atoms with Crippen molar-refractivity contribution >= 4 is 49.4 Å². The zero-order valence-electron chi connectivity index (χ0n) is 29.8. The van der Waals surface area contributed by atoms with E-state index in [2.05, 4.69) is 199 Å². The third kappa shape index (κ3) is 5.19. The zero-order valence-corrected chi connectivity index (χ0v) is 29.8. The molecule has 256 valence electrons. The Balaban J connectivity index is 1.19. The predicted molar refractivity (Wildman–Crippen MR) is 228 cm³/mol. The smallest absolute Gasteiger partial charge is 0.166 e. The normalized spacial score (nSPS) is 12.0. The largest absolute Gasteiger partial charge is 0.308 e. The lowest BCUT2D eigenvalue weighted by Crippen LogP contribution is -2.17. The summed E-state index contributed by atoms with van der Waals surface area (Å²) >= 11 is 0. The summed E-state index contributed by atoms with van der Waals surface area (Å²) in [6, 6.07) is 68.7. The molecule has 2 heterocycles. The van der Waals surface area contributed by atoms with Gasteiger partial charge in [-0.2, -0.15) is 0 Å². The Kier molecular flexibility index (Phi) is 7.14. The molecule has 0 fully saturated rings. The maximum Gasteiger partial charge on any atom is 0.166 e. The number of fused-ring (bicyclic) bond motifs is 4. The van der Waals surface area contributed by atoms with Gasteiger partial charge in [0.2, 0.25) is 0 Å². The lowest BCUT2D eigenvalue weighted by atomic mass is 9.86. The number of aromatic nitrogens is 3. The minimum atomic E-state index is 0.621. The van der Waals surface area contributed by atoms with Crippen LogP contribution in [0.25, 0.3) is 88.7 Å². The number of rotatable bonds is 5. The van der Waals surface area contributed by atoms with Crippen LogP contribution in [-0.4, -0.2) is 15.0 Å². The number of anilines is 3. The summed E-state index contributed by atoms with van der Waals surface area (Å²) in [4.78, 5) is 18.2. The van der Waals surface area contributed by atoms with Crippen molar-refractivity contribution in [3.05, 3.63) is 194 Å². The van der Waals surface area contributed by atoms with Gasteiger partial charge in [-0.3, -0.25) is 0 Å². The first-order chi connectivity index (χ1) is 27.3. The average Bonchev–Trinajstić information content (AvgIpc) is 3.26.